The summed E-state index contributed by atoms with van der Waals surface area (Å²) < 4.78 is 16.8. The lowest BCUT2D eigenvalue weighted by atomic mass is 10.1. The molecule has 4 rings (SSSR count). The molecule has 0 bridgehead atoms. The second kappa shape index (κ2) is 9.92. The number of rotatable bonds is 8. The topological polar surface area (TPSA) is 133 Å². The Morgan fingerprint density at radius 1 is 1.21 bits per heavy atom. The van der Waals surface area contributed by atoms with Gasteiger partial charge in [-0.15, -0.1) is 0 Å². The van der Waals surface area contributed by atoms with E-state index < -0.39 is 6.09 Å². The Bertz CT molecular complexity index is 1280. The van der Waals surface area contributed by atoms with E-state index in [9.17, 15) is 9.59 Å². The zero-order valence-corrected chi connectivity index (χ0v) is 18.1. The molecule has 2 N–H and O–H groups in total. The first-order chi connectivity index (χ1) is 16.0. The molecular formula is C22H22N6O5. The van der Waals surface area contributed by atoms with E-state index in [-0.39, 0.29) is 18.4 Å². The smallest absolute Gasteiger partial charge is 0.407 e. The Hall–Kier alpha value is -4.25. The summed E-state index contributed by atoms with van der Waals surface area (Å²) in [5, 5.41) is 9.37. The number of carbonyl (C=O) groups is 2. The molecule has 0 saturated carbocycles. The number of hydrogen-bond acceptors (Lipinski definition) is 8. The van der Waals surface area contributed by atoms with Crippen LogP contribution in [0.25, 0.3) is 17.0 Å². The lowest BCUT2D eigenvalue weighted by molar-refractivity contribution is 0.102. The summed E-state index contributed by atoms with van der Waals surface area (Å²) in [7, 11) is 1.54. The van der Waals surface area contributed by atoms with Gasteiger partial charge in [0.1, 0.15) is 11.3 Å². The minimum absolute atomic E-state index is 0.142. The minimum atomic E-state index is -0.612. The molecule has 3 heterocycles. The Balaban J connectivity index is 1.44. The maximum Gasteiger partial charge on any atom is 0.407 e. The van der Waals surface area contributed by atoms with Crippen LogP contribution in [0.3, 0.4) is 0 Å². The molecule has 0 aliphatic carbocycles. The van der Waals surface area contributed by atoms with Gasteiger partial charge in [0, 0.05) is 31.1 Å². The van der Waals surface area contributed by atoms with Crippen molar-refractivity contribution in [3.8, 4) is 11.4 Å². The van der Waals surface area contributed by atoms with Gasteiger partial charge in [-0.2, -0.15) is 4.98 Å². The van der Waals surface area contributed by atoms with E-state index in [1.54, 1.807) is 16.7 Å². The highest BCUT2D eigenvalue weighted by molar-refractivity contribution is 6.04. The lowest BCUT2D eigenvalue weighted by Crippen LogP contribution is -2.27. The van der Waals surface area contributed by atoms with Gasteiger partial charge in [0.2, 0.25) is 5.82 Å². The standard InChI is InChI=1S/C22H22N6O5/c1-14-6-7-15(20-26-19(33-27-20)13-32-22(30)23-8-10-31-2)11-16(14)25-21(29)17-12-24-18-5-3-4-9-28(17)18/h3-7,9,11-12H,8,10,13H2,1-2H3,(H,23,30)(H,25,29). The van der Waals surface area contributed by atoms with E-state index in [0.717, 1.165) is 5.56 Å². The zero-order chi connectivity index (χ0) is 23.2. The highest BCUT2D eigenvalue weighted by Gasteiger charge is 2.16. The predicted octanol–water partition coefficient (Wildman–Crippen LogP) is 2.82. The Labute approximate surface area is 188 Å². The van der Waals surface area contributed by atoms with E-state index in [0.29, 0.717) is 41.6 Å². The lowest BCUT2D eigenvalue weighted by Gasteiger charge is -2.09. The van der Waals surface area contributed by atoms with Gasteiger partial charge in [-0.05, 0) is 30.7 Å². The fraction of sp³-hybridized carbons (Fsp3) is 0.227. The number of alkyl carbamates (subject to hydrolysis) is 1. The molecule has 11 nitrogen and oxygen atoms in total. The van der Waals surface area contributed by atoms with Crippen LogP contribution >= 0.6 is 0 Å². The van der Waals surface area contributed by atoms with Gasteiger partial charge in [0.15, 0.2) is 6.61 Å². The zero-order valence-electron chi connectivity index (χ0n) is 18.1. The van der Waals surface area contributed by atoms with E-state index in [2.05, 4.69) is 25.8 Å². The van der Waals surface area contributed by atoms with Gasteiger partial charge >= 0.3 is 6.09 Å². The van der Waals surface area contributed by atoms with Crippen molar-refractivity contribution in [1.29, 1.82) is 0 Å². The van der Waals surface area contributed by atoms with Crippen molar-refractivity contribution in [3.63, 3.8) is 0 Å². The number of carbonyl (C=O) groups excluding carboxylic acids is 2. The molecule has 0 fully saturated rings. The highest BCUT2D eigenvalue weighted by atomic mass is 16.6. The van der Waals surface area contributed by atoms with Crippen LogP contribution in [0.15, 0.2) is 53.3 Å². The fourth-order valence-electron chi connectivity index (χ4n) is 3.05. The Morgan fingerprint density at radius 2 is 2.09 bits per heavy atom. The first kappa shape index (κ1) is 22.0. The molecule has 1 aromatic carbocycles. The Morgan fingerprint density at radius 3 is 2.94 bits per heavy atom. The number of benzene rings is 1. The molecule has 170 valence electrons. The normalized spacial score (nSPS) is 10.8. The second-order valence-corrected chi connectivity index (χ2v) is 7.06. The summed E-state index contributed by atoms with van der Waals surface area (Å²) in [6, 6.07) is 10.9. The van der Waals surface area contributed by atoms with Crippen LogP contribution in [0.5, 0.6) is 0 Å². The quantitative estimate of drug-likeness (QED) is 0.392. The maximum atomic E-state index is 12.9. The van der Waals surface area contributed by atoms with Crippen molar-refractivity contribution in [2.24, 2.45) is 0 Å². The highest BCUT2D eigenvalue weighted by Crippen LogP contribution is 2.24. The first-order valence-corrected chi connectivity index (χ1v) is 10.1. The first-order valence-electron chi connectivity index (χ1n) is 10.1. The number of ether oxygens (including phenoxy) is 2. The van der Waals surface area contributed by atoms with Gasteiger partial charge in [-0.1, -0.05) is 23.4 Å². The molecule has 3 aromatic heterocycles. The number of methoxy groups -OCH3 is 1. The molecule has 11 heteroatoms. The van der Waals surface area contributed by atoms with Gasteiger partial charge in [-0.3, -0.25) is 9.20 Å². The van der Waals surface area contributed by atoms with Crippen LogP contribution in [-0.2, 0) is 16.1 Å². The number of anilines is 1. The van der Waals surface area contributed by atoms with E-state index in [4.69, 9.17) is 14.0 Å². The largest absolute Gasteiger partial charge is 0.439 e. The maximum absolute atomic E-state index is 12.9. The molecular weight excluding hydrogens is 428 g/mol. The van der Waals surface area contributed by atoms with Gasteiger partial charge in [0.05, 0.1) is 12.8 Å². The van der Waals surface area contributed by atoms with Crippen molar-refractivity contribution in [2.75, 3.05) is 25.6 Å². The number of fused-ring (bicyclic) bond motifs is 1. The van der Waals surface area contributed by atoms with Gasteiger partial charge in [-0.25, -0.2) is 9.78 Å². The van der Waals surface area contributed by atoms with Crippen LogP contribution in [-0.4, -0.2) is 51.8 Å². The molecule has 33 heavy (non-hydrogen) atoms. The number of hydrogen-bond donors (Lipinski definition) is 2. The molecule has 0 aliphatic heterocycles. The van der Waals surface area contributed by atoms with E-state index >= 15 is 0 Å². The van der Waals surface area contributed by atoms with Crippen molar-refractivity contribution in [3.05, 3.63) is 65.9 Å². The summed E-state index contributed by atoms with van der Waals surface area (Å²) in [5.74, 6) is 0.151. The predicted molar refractivity (Wildman–Crippen MR) is 118 cm³/mol. The summed E-state index contributed by atoms with van der Waals surface area (Å²) in [4.78, 5) is 33.0. The van der Waals surface area contributed by atoms with E-state index in [1.165, 1.54) is 13.3 Å². The minimum Gasteiger partial charge on any atom is -0.439 e. The third kappa shape index (κ3) is 5.15. The number of aryl methyl sites for hydroxylation is 1. The monoisotopic (exact) mass is 450 g/mol. The third-order valence-electron chi connectivity index (χ3n) is 4.76. The summed E-state index contributed by atoms with van der Waals surface area (Å²) in [6.45, 7) is 2.42. The molecule has 0 unspecified atom stereocenters. The molecule has 0 radical (unpaired) electrons. The van der Waals surface area contributed by atoms with Crippen molar-refractivity contribution in [2.45, 2.75) is 13.5 Å². The SMILES string of the molecule is COCCNC(=O)OCc1nc(-c2ccc(C)c(NC(=O)c3cnc4ccccn34)c2)no1. The molecule has 0 atom stereocenters. The van der Waals surface area contributed by atoms with Crippen LogP contribution in [0.2, 0.25) is 0 Å². The average molecular weight is 450 g/mol. The van der Waals surface area contributed by atoms with Crippen molar-refractivity contribution in [1.82, 2.24) is 24.8 Å². The number of pyridine rings is 1. The number of nitrogens with one attached hydrogen (secondary N) is 2. The van der Waals surface area contributed by atoms with Gasteiger partial charge in [0.25, 0.3) is 11.8 Å². The van der Waals surface area contributed by atoms with Gasteiger partial charge < -0.3 is 24.6 Å². The average Bonchev–Trinajstić information content (AvgIpc) is 3.47. The van der Waals surface area contributed by atoms with Crippen LogP contribution in [0.1, 0.15) is 21.9 Å². The van der Waals surface area contributed by atoms with Crippen molar-refractivity contribution >= 4 is 23.3 Å². The number of imidazole rings is 1. The van der Waals surface area contributed by atoms with Crippen LogP contribution in [0.4, 0.5) is 10.5 Å². The van der Waals surface area contributed by atoms with E-state index in [1.807, 2.05) is 37.3 Å². The Kier molecular flexibility index (Phi) is 6.60. The summed E-state index contributed by atoms with van der Waals surface area (Å²) >= 11 is 0. The van der Waals surface area contributed by atoms with Crippen molar-refractivity contribution < 1.29 is 23.6 Å². The third-order valence-corrected chi connectivity index (χ3v) is 4.76. The number of amides is 2. The second-order valence-electron chi connectivity index (χ2n) is 7.06. The number of nitrogens with zero attached hydrogens (tertiary/aromatic N) is 4. The molecule has 0 saturated heterocycles. The molecule has 0 aliphatic rings. The summed E-state index contributed by atoms with van der Waals surface area (Å²) in [5.41, 5.74) is 3.19. The van der Waals surface area contributed by atoms with Crippen LogP contribution in [0, 0.1) is 6.92 Å². The fourth-order valence-corrected chi connectivity index (χ4v) is 3.05. The molecule has 2 amide bonds. The molecule has 0 spiro atoms. The van der Waals surface area contributed by atoms with Crippen LogP contribution < -0.4 is 10.6 Å². The summed E-state index contributed by atoms with van der Waals surface area (Å²) in [6.07, 6.45) is 2.70. The number of aromatic nitrogens is 4. The molecule has 4 aromatic rings.